The van der Waals surface area contributed by atoms with Crippen LogP contribution in [-0.2, 0) is 17.8 Å². The molecular weight excluding hydrogens is 256 g/mol. The molecule has 0 unspecified atom stereocenters. The minimum Gasteiger partial charge on any atom is -0.383 e. The number of thiophene rings is 1. The summed E-state index contributed by atoms with van der Waals surface area (Å²) in [6.07, 6.45) is 0. The predicted molar refractivity (Wildman–Crippen MR) is 83.8 cm³/mol. The fraction of sp³-hybridized carbons (Fsp3) is 0.733. The summed E-state index contributed by atoms with van der Waals surface area (Å²) in [5.74, 6) is 0.688. The van der Waals surface area contributed by atoms with Crippen molar-refractivity contribution in [3.05, 3.63) is 21.4 Å². The van der Waals surface area contributed by atoms with E-state index >= 15 is 0 Å². The number of nitrogens with zero attached hydrogens (tertiary/aromatic N) is 1. The van der Waals surface area contributed by atoms with Crippen molar-refractivity contribution in [3.8, 4) is 0 Å². The number of nitrogens with one attached hydrogen (secondary N) is 1. The lowest BCUT2D eigenvalue weighted by atomic mass is 10.1. The van der Waals surface area contributed by atoms with Gasteiger partial charge >= 0.3 is 0 Å². The van der Waals surface area contributed by atoms with Crippen molar-refractivity contribution in [1.29, 1.82) is 0 Å². The fourth-order valence-corrected chi connectivity index (χ4v) is 3.28. The van der Waals surface area contributed by atoms with E-state index in [-0.39, 0.29) is 0 Å². The van der Waals surface area contributed by atoms with Crippen LogP contribution in [0.15, 0.2) is 6.07 Å². The lowest BCUT2D eigenvalue weighted by Crippen LogP contribution is -2.30. The summed E-state index contributed by atoms with van der Waals surface area (Å²) in [7, 11) is 3.77. The highest BCUT2D eigenvalue weighted by Crippen LogP contribution is 2.23. The van der Waals surface area contributed by atoms with Crippen molar-refractivity contribution in [1.82, 2.24) is 10.2 Å². The van der Waals surface area contributed by atoms with E-state index in [0.717, 1.165) is 32.8 Å². The first kappa shape index (κ1) is 16.6. The molecule has 0 fully saturated rings. The number of aryl methyl sites for hydroxylation is 1. The Balaban J connectivity index is 2.65. The van der Waals surface area contributed by atoms with Crippen LogP contribution in [0.3, 0.4) is 0 Å². The SMILES string of the molecule is CNCc1cc(CN(CCOC)CC(C)C)c(C)s1. The third-order valence-electron chi connectivity index (χ3n) is 3.05. The second kappa shape index (κ2) is 8.69. The van der Waals surface area contributed by atoms with Gasteiger partial charge in [0.15, 0.2) is 0 Å². The Morgan fingerprint density at radius 1 is 1.42 bits per heavy atom. The molecule has 0 bridgehead atoms. The molecule has 0 radical (unpaired) electrons. The van der Waals surface area contributed by atoms with E-state index in [1.54, 1.807) is 7.11 Å². The summed E-state index contributed by atoms with van der Waals surface area (Å²) < 4.78 is 5.22. The minimum atomic E-state index is 0.688. The van der Waals surface area contributed by atoms with Crippen molar-refractivity contribution in [2.75, 3.05) is 33.9 Å². The van der Waals surface area contributed by atoms with Crippen LogP contribution < -0.4 is 5.32 Å². The first-order valence-corrected chi connectivity index (χ1v) is 7.82. The third-order valence-corrected chi connectivity index (χ3v) is 4.14. The maximum absolute atomic E-state index is 5.22. The molecule has 0 spiro atoms. The van der Waals surface area contributed by atoms with Crippen molar-refractivity contribution in [3.63, 3.8) is 0 Å². The van der Waals surface area contributed by atoms with Crippen LogP contribution in [-0.4, -0.2) is 38.8 Å². The van der Waals surface area contributed by atoms with Gasteiger partial charge in [-0.1, -0.05) is 13.8 Å². The molecule has 1 aromatic heterocycles. The summed E-state index contributed by atoms with van der Waals surface area (Å²) in [6, 6.07) is 2.34. The van der Waals surface area contributed by atoms with Gasteiger partial charge in [0.25, 0.3) is 0 Å². The standard InChI is InChI=1S/C15H28N2OS/c1-12(2)10-17(6-7-18-5)11-14-8-15(9-16-4)19-13(14)3/h8,12,16H,6-7,9-11H2,1-5H3. The van der Waals surface area contributed by atoms with Crippen LogP contribution in [0.4, 0.5) is 0 Å². The molecule has 110 valence electrons. The molecule has 0 amide bonds. The number of hydrogen-bond donors (Lipinski definition) is 1. The topological polar surface area (TPSA) is 24.5 Å². The van der Waals surface area contributed by atoms with E-state index in [1.165, 1.54) is 15.3 Å². The van der Waals surface area contributed by atoms with Gasteiger partial charge in [0, 0.05) is 43.0 Å². The zero-order chi connectivity index (χ0) is 14.3. The summed E-state index contributed by atoms with van der Waals surface area (Å²) in [4.78, 5) is 5.36. The molecule has 1 N–H and O–H groups in total. The Kier molecular flexibility index (Phi) is 7.61. The molecule has 0 aliphatic heterocycles. The summed E-state index contributed by atoms with van der Waals surface area (Å²) in [6.45, 7) is 11.7. The minimum absolute atomic E-state index is 0.688. The Labute approximate surface area is 122 Å². The van der Waals surface area contributed by atoms with Crippen molar-refractivity contribution >= 4 is 11.3 Å². The van der Waals surface area contributed by atoms with Gasteiger partial charge < -0.3 is 10.1 Å². The highest BCUT2D eigenvalue weighted by Gasteiger charge is 2.12. The number of methoxy groups -OCH3 is 1. The fourth-order valence-electron chi connectivity index (χ4n) is 2.22. The van der Waals surface area contributed by atoms with E-state index in [2.05, 4.69) is 37.1 Å². The predicted octanol–water partition coefficient (Wildman–Crippen LogP) is 2.88. The van der Waals surface area contributed by atoms with Crippen LogP contribution in [0.1, 0.15) is 29.2 Å². The molecule has 0 saturated heterocycles. The molecule has 19 heavy (non-hydrogen) atoms. The van der Waals surface area contributed by atoms with Gasteiger partial charge in [0.2, 0.25) is 0 Å². The average Bonchev–Trinajstić information content (AvgIpc) is 2.66. The summed E-state index contributed by atoms with van der Waals surface area (Å²) >= 11 is 1.90. The lowest BCUT2D eigenvalue weighted by molar-refractivity contribution is 0.136. The van der Waals surface area contributed by atoms with Crippen LogP contribution in [0.25, 0.3) is 0 Å². The Morgan fingerprint density at radius 3 is 2.74 bits per heavy atom. The van der Waals surface area contributed by atoms with Crippen molar-refractivity contribution in [2.45, 2.75) is 33.9 Å². The Bertz CT molecular complexity index is 363. The molecule has 1 heterocycles. The second-order valence-corrected chi connectivity index (χ2v) is 6.79. The van der Waals surface area contributed by atoms with Crippen molar-refractivity contribution < 1.29 is 4.74 Å². The first-order chi connectivity index (χ1) is 9.06. The molecule has 0 aliphatic carbocycles. The summed E-state index contributed by atoms with van der Waals surface area (Å²) in [5.41, 5.74) is 1.46. The Morgan fingerprint density at radius 2 is 2.16 bits per heavy atom. The maximum Gasteiger partial charge on any atom is 0.0589 e. The van der Waals surface area contributed by atoms with Gasteiger partial charge in [-0.3, -0.25) is 4.90 Å². The molecule has 0 aromatic carbocycles. The molecule has 1 rings (SSSR count). The highest BCUT2D eigenvalue weighted by molar-refractivity contribution is 7.12. The molecule has 3 nitrogen and oxygen atoms in total. The molecular formula is C15H28N2OS. The van der Waals surface area contributed by atoms with Crippen LogP contribution in [0.2, 0.25) is 0 Å². The average molecular weight is 284 g/mol. The zero-order valence-electron chi connectivity index (χ0n) is 13.0. The Hall–Kier alpha value is -0.420. The van der Waals surface area contributed by atoms with E-state index in [4.69, 9.17) is 4.74 Å². The van der Waals surface area contributed by atoms with E-state index in [0.29, 0.717) is 5.92 Å². The molecule has 0 atom stereocenters. The van der Waals surface area contributed by atoms with Gasteiger partial charge in [-0.15, -0.1) is 11.3 Å². The number of ether oxygens (including phenoxy) is 1. The quantitative estimate of drug-likeness (QED) is 0.754. The van der Waals surface area contributed by atoms with Gasteiger partial charge in [-0.05, 0) is 31.5 Å². The first-order valence-electron chi connectivity index (χ1n) is 7.00. The highest BCUT2D eigenvalue weighted by atomic mass is 32.1. The third kappa shape index (κ3) is 6.04. The molecule has 1 aromatic rings. The summed E-state index contributed by atoms with van der Waals surface area (Å²) in [5, 5.41) is 3.22. The molecule has 0 saturated carbocycles. The normalized spacial score (nSPS) is 11.7. The monoisotopic (exact) mass is 284 g/mol. The zero-order valence-corrected chi connectivity index (χ0v) is 13.8. The lowest BCUT2D eigenvalue weighted by Gasteiger charge is -2.23. The van der Waals surface area contributed by atoms with Crippen LogP contribution >= 0.6 is 11.3 Å². The van der Waals surface area contributed by atoms with E-state index < -0.39 is 0 Å². The van der Waals surface area contributed by atoms with Crippen LogP contribution in [0, 0.1) is 12.8 Å². The number of rotatable bonds is 9. The molecule has 0 aliphatic rings. The van der Waals surface area contributed by atoms with E-state index in [1.807, 2.05) is 18.4 Å². The van der Waals surface area contributed by atoms with Gasteiger partial charge in [0.1, 0.15) is 0 Å². The van der Waals surface area contributed by atoms with Crippen LogP contribution in [0.5, 0.6) is 0 Å². The maximum atomic E-state index is 5.22. The van der Waals surface area contributed by atoms with Crippen molar-refractivity contribution in [2.24, 2.45) is 5.92 Å². The van der Waals surface area contributed by atoms with E-state index in [9.17, 15) is 0 Å². The largest absolute Gasteiger partial charge is 0.383 e. The van der Waals surface area contributed by atoms with Gasteiger partial charge in [-0.2, -0.15) is 0 Å². The smallest absolute Gasteiger partial charge is 0.0589 e. The molecule has 4 heteroatoms. The second-order valence-electron chi connectivity index (χ2n) is 5.45. The van der Waals surface area contributed by atoms with Gasteiger partial charge in [0.05, 0.1) is 6.61 Å². The number of hydrogen-bond acceptors (Lipinski definition) is 4. The van der Waals surface area contributed by atoms with Gasteiger partial charge in [-0.25, -0.2) is 0 Å².